The smallest absolute Gasteiger partial charge is 0.138 e. The third-order valence-corrected chi connectivity index (χ3v) is 3.45. The molecule has 1 N–H and O–H groups in total. The predicted molar refractivity (Wildman–Crippen MR) is 78.4 cm³/mol. The molecule has 2 aromatic rings. The Hall–Kier alpha value is -1.83. The van der Waals surface area contributed by atoms with Crippen LogP contribution in [0, 0.1) is 5.41 Å². The third kappa shape index (κ3) is 2.95. The fourth-order valence-corrected chi connectivity index (χ4v) is 2.20. The summed E-state index contributed by atoms with van der Waals surface area (Å²) in [6.07, 6.45) is 1.05. The van der Waals surface area contributed by atoms with Crippen LogP contribution in [0.4, 0.5) is 0 Å². The molecular weight excluding hydrogens is 236 g/mol. The van der Waals surface area contributed by atoms with Gasteiger partial charge in [0.2, 0.25) is 0 Å². The molecule has 0 bridgehead atoms. The number of benzene rings is 2. The van der Waals surface area contributed by atoms with E-state index >= 15 is 0 Å². The fourth-order valence-electron chi connectivity index (χ4n) is 2.20. The van der Waals surface area contributed by atoms with Crippen molar-refractivity contribution in [3.05, 3.63) is 42.0 Å². The molecule has 0 aliphatic rings. The van der Waals surface area contributed by atoms with Gasteiger partial charge in [0.15, 0.2) is 0 Å². The summed E-state index contributed by atoms with van der Waals surface area (Å²) in [5, 5.41) is 12.1. The van der Waals surface area contributed by atoms with Crippen LogP contribution in [0.3, 0.4) is 0 Å². The first-order chi connectivity index (χ1) is 8.89. The van der Waals surface area contributed by atoms with Gasteiger partial charge in [0.1, 0.15) is 11.5 Å². The van der Waals surface area contributed by atoms with Gasteiger partial charge in [-0.05, 0) is 23.3 Å². The van der Waals surface area contributed by atoms with Crippen molar-refractivity contribution in [2.75, 3.05) is 0 Å². The highest BCUT2D eigenvalue weighted by Gasteiger charge is 2.21. The lowest BCUT2D eigenvalue weighted by atomic mass is 9.87. The van der Waals surface area contributed by atoms with E-state index in [-0.39, 0.29) is 16.9 Å². The lowest BCUT2D eigenvalue weighted by Gasteiger charge is -2.17. The van der Waals surface area contributed by atoms with E-state index in [2.05, 4.69) is 0 Å². The number of fused-ring (bicyclic) bond motifs is 1. The zero-order valence-electron chi connectivity index (χ0n) is 11.7. The Morgan fingerprint density at radius 3 is 2.47 bits per heavy atom. The first-order valence-electron chi connectivity index (χ1n) is 6.62. The number of aryl methyl sites for hydroxylation is 1. The summed E-state index contributed by atoms with van der Waals surface area (Å²) in [5.41, 5.74) is 0.552. The summed E-state index contributed by atoms with van der Waals surface area (Å²) in [5.74, 6) is 0.500. The van der Waals surface area contributed by atoms with E-state index in [1.54, 1.807) is 6.07 Å². The number of hydrogen-bond acceptors (Lipinski definition) is 2. The molecule has 2 rings (SSSR count). The normalized spacial score (nSPS) is 11.7. The average Bonchev–Trinajstić information content (AvgIpc) is 2.36. The summed E-state index contributed by atoms with van der Waals surface area (Å²) in [7, 11) is 0. The molecule has 0 amide bonds. The summed E-state index contributed by atoms with van der Waals surface area (Å²) >= 11 is 0. The minimum atomic E-state index is -0.319. The van der Waals surface area contributed by atoms with Crippen molar-refractivity contribution >= 4 is 16.6 Å². The molecule has 0 aliphatic heterocycles. The van der Waals surface area contributed by atoms with Crippen molar-refractivity contribution in [2.24, 2.45) is 5.41 Å². The van der Waals surface area contributed by atoms with Gasteiger partial charge in [-0.1, -0.05) is 51.1 Å². The molecule has 0 aliphatic carbocycles. The molecule has 0 saturated heterocycles. The highest BCUT2D eigenvalue weighted by molar-refractivity contribution is 5.89. The Balaban J connectivity index is 2.30. The molecule has 0 saturated carbocycles. The van der Waals surface area contributed by atoms with Gasteiger partial charge >= 0.3 is 0 Å². The van der Waals surface area contributed by atoms with Gasteiger partial charge in [0.25, 0.3) is 0 Å². The van der Waals surface area contributed by atoms with Crippen LogP contribution >= 0.6 is 0 Å². The number of hydrogen-bond donors (Lipinski definition) is 1. The predicted octanol–water partition coefficient (Wildman–Crippen LogP) is 4.09. The Kier molecular flexibility index (Phi) is 3.61. The van der Waals surface area contributed by atoms with Gasteiger partial charge in [-0.25, -0.2) is 0 Å². The number of phenolic OH excluding ortho intramolecular Hbond substituents is 1. The summed E-state index contributed by atoms with van der Waals surface area (Å²) in [6, 6.07) is 11.6. The number of Topliss-reactive ketones (excluding diaryl/α,β-unsaturated/α-hetero) is 1. The maximum absolute atomic E-state index is 12.0. The number of carbonyl (C=O) groups is 1. The lowest BCUT2D eigenvalue weighted by molar-refractivity contribution is -0.126. The highest BCUT2D eigenvalue weighted by atomic mass is 16.3. The molecule has 2 aromatic carbocycles. The van der Waals surface area contributed by atoms with Crippen molar-refractivity contribution in [2.45, 2.75) is 33.6 Å². The number of ketones is 1. The molecule has 2 nitrogen and oxygen atoms in total. The molecule has 0 spiro atoms. The maximum atomic E-state index is 12.0. The lowest BCUT2D eigenvalue weighted by Crippen LogP contribution is -2.20. The van der Waals surface area contributed by atoms with E-state index in [4.69, 9.17) is 0 Å². The molecule has 0 heterocycles. The van der Waals surface area contributed by atoms with Crippen LogP contribution in [0.15, 0.2) is 36.4 Å². The minimum absolute atomic E-state index is 0.222. The first-order valence-corrected chi connectivity index (χ1v) is 6.62. The standard InChI is InChI=1S/C17H20O2/c1-17(2,3)16(19)11-9-14-13-7-5-4-6-12(13)8-10-15(14)18/h4-8,10,18H,9,11H2,1-3H3. The molecule has 0 atom stereocenters. The van der Waals surface area contributed by atoms with Gasteiger partial charge in [-0.3, -0.25) is 4.79 Å². The first kappa shape index (κ1) is 13.6. The summed E-state index contributed by atoms with van der Waals surface area (Å²) in [4.78, 5) is 12.0. The van der Waals surface area contributed by atoms with Crippen LogP contribution in [-0.4, -0.2) is 10.9 Å². The zero-order chi connectivity index (χ0) is 14.0. The fraction of sp³-hybridized carbons (Fsp3) is 0.353. The van der Waals surface area contributed by atoms with Crippen LogP contribution in [0.1, 0.15) is 32.8 Å². The Bertz CT molecular complexity index is 606. The Morgan fingerprint density at radius 1 is 1.11 bits per heavy atom. The van der Waals surface area contributed by atoms with E-state index in [0.717, 1.165) is 16.3 Å². The quantitative estimate of drug-likeness (QED) is 0.898. The second kappa shape index (κ2) is 5.04. The molecule has 0 fully saturated rings. The van der Waals surface area contributed by atoms with Crippen molar-refractivity contribution in [3.63, 3.8) is 0 Å². The van der Waals surface area contributed by atoms with E-state index in [1.807, 2.05) is 51.1 Å². The zero-order valence-corrected chi connectivity index (χ0v) is 11.7. The van der Waals surface area contributed by atoms with Crippen LogP contribution < -0.4 is 0 Å². The average molecular weight is 256 g/mol. The van der Waals surface area contributed by atoms with Gasteiger partial charge < -0.3 is 5.11 Å². The van der Waals surface area contributed by atoms with Crippen molar-refractivity contribution in [1.82, 2.24) is 0 Å². The van der Waals surface area contributed by atoms with Gasteiger partial charge in [0.05, 0.1) is 0 Å². The topological polar surface area (TPSA) is 37.3 Å². The maximum Gasteiger partial charge on any atom is 0.138 e. The molecule has 0 unspecified atom stereocenters. The second-order valence-electron chi connectivity index (χ2n) is 5.96. The van der Waals surface area contributed by atoms with Crippen LogP contribution in [-0.2, 0) is 11.2 Å². The van der Waals surface area contributed by atoms with Crippen molar-refractivity contribution in [1.29, 1.82) is 0 Å². The summed E-state index contributed by atoms with van der Waals surface area (Å²) < 4.78 is 0. The molecule has 0 radical (unpaired) electrons. The monoisotopic (exact) mass is 256 g/mol. The number of carbonyl (C=O) groups excluding carboxylic acids is 1. The Labute approximate surface area is 114 Å². The molecule has 0 aromatic heterocycles. The van der Waals surface area contributed by atoms with Crippen molar-refractivity contribution < 1.29 is 9.90 Å². The van der Waals surface area contributed by atoms with E-state index in [0.29, 0.717) is 12.8 Å². The number of rotatable bonds is 3. The van der Waals surface area contributed by atoms with E-state index in [9.17, 15) is 9.90 Å². The van der Waals surface area contributed by atoms with Gasteiger partial charge in [0, 0.05) is 17.4 Å². The van der Waals surface area contributed by atoms with E-state index < -0.39 is 0 Å². The summed E-state index contributed by atoms with van der Waals surface area (Å²) in [6.45, 7) is 5.79. The van der Waals surface area contributed by atoms with Crippen LogP contribution in [0.2, 0.25) is 0 Å². The molecule has 2 heteroatoms. The van der Waals surface area contributed by atoms with Gasteiger partial charge in [-0.2, -0.15) is 0 Å². The minimum Gasteiger partial charge on any atom is -0.508 e. The number of phenols is 1. The highest BCUT2D eigenvalue weighted by Crippen LogP contribution is 2.29. The van der Waals surface area contributed by atoms with E-state index in [1.165, 1.54) is 0 Å². The molecular formula is C17H20O2. The molecule has 19 heavy (non-hydrogen) atoms. The van der Waals surface area contributed by atoms with Crippen molar-refractivity contribution in [3.8, 4) is 5.75 Å². The van der Waals surface area contributed by atoms with Crippen LogP contribution in [0.25, 0.3) is 10.8 Å². The van der Waals surface area contributed by atoms with Gasteiger partial charge in [-0.15, -0.1) is 0 Å². The Morgan fingerprint density at radius 2 is 1.79 bits per heavy atom. The second-order valence-corrected chi connectivity index (χ2v) is 5.96. The van der Waals surface area contributed by atoms with Crippen LogP contribution in [0.5, 0.6) is 5.75 Å². The number of aromatic hydroxyl groups is 1. The molecule has 100 valence electrons. The SMILES string of the molecule is CC(C)(C)C(=O)CCc1c(O)ccc2ccccc12. The largest absolute Gasteiger partial charge is 0.508 e. The third-order valence-electron chi connectivity index (χ3n) is 3.45.